The Labute approximate surface area is 343 Å². The van der Waals surface area contributed by atoms with Gasteiger partial charge in [0.1, 0.15) is 39.6 Å². The van der Waals surface area contributed by atoms with E-state index in [1.807, 2.05) is 30.3 Å². The zero-order valence-electron chi connectivity index (χ0n) is 32.0. The van der Waals surface area contributed by atoms with Gasteiger partial charge in [0, 0.05) is 60.1 Å². The first kappa shape index (κ1) is 32.1. The highest BCUT2D eigenvalue weighted by atomic mass is 16.5. The van der Waals surface area contributed by atoms with Crippen LogP contribution >= 0.6 is 0 Å². The van der Waals surface area contributed by atoms with E-state index in [9.17, 15) is 0 Å². The number of fused-ring (bicyclic) bond motifs is 13. The second kappa shape index (κ2) is 11.8. The zero-order chi connectivity index (χ0) is 39.1. The molecule has 5 heterocycles. The Hall–Kier alpha value is -7.96. The zero-order valence-corrected chi connectivity index (χ0v) is 32.0. The summed E-state index contributed by atoms with van der Waals surface area (Å²) in [5.74, 6) is 2.42. The molecule has 0 bridgehead atoms. The van der Waals surface area contributed by atoms with Crippen molar-refractivity contribution in [1.82, 2.24) is 4.57 Å². The van der Waals surface area contributed by atoms with Crippen molar-refractivity contribution >= 4 is 83.5 Å². The van der Waals surface area contributed by atoms with Gasteiger partial charge in [0.25, 0.3) is 0 Å². The van der Waals surface area contributed by atoms with Crippen LogP contribution in [0.1, 0.15) is 0 Å². The van der Waals surface area contributed by atoms with Crippen LogP contribution in [-0.4, -0.2) is 11.5 Å². The van der Waals surface area contributed by atoms with Crippen molar-refractivity contribution < 1.29 is 18.2 Å². The second-order valence-corrected chi connectivity index (χ2v) is 15.9. The first-order valence-corrected chi connectivity index (χ1v) is 20.3. The topological polar surface area (TPSA) is 49.7 Å². The van der Waals surface area contributed by atoms with Crippen molar-refractivity contribution in [2.24, 2.45) is 0 Å². The number of hydrogen-bond acceptors (Lipinski definition) is 4. The minimum atomic E-state index is -0.330. The van der Waals surface area contributed by atoms with E-state index in [-0.39, 0.29) is 6.92 Å². The van der Waals surface area contributed by atoms with Gasteiger partial charge < -0.3 is 22.8 Å². The minimum Gasteiger partial charge on any atom is -0.551 e. The van der Waals surface area contributed by atoms with Crippen molar-refractivity contribution in [2.45, 2.75) is 0 Å². The first-order chi connectivity index (χ1) is 29.7. The molecule has 9 aromatic carbocycles. The molecule has 2 aliphatic rings. The standard InChI is InChI=1S/C54H30BNO4/c1-5-18-44-36(11-1)37-12-2-6-19-45(37)56(44)33-24-26-47-41(30-33)39-16-9-15-35(54(39)59-47)32-27-42-38-25-23-31(34-14-10-22-49-52(34)40-13-3-7-20-46(40)57-49)28-50(38)60-55-43-17-4-8-21-48(43)58-51(29-32)53(42)55/h1-30H. The van der Waals surface area contributed by atoms with Crippen LogP contribution in [-0.2, 0) is 0 Å². The molecule has 2 aliphatic heterocycles. The van der Waals surface area contributed by atoms with E-state index in [1.165, 1.54) is 21.8 Å². The maximum Gasteiger partial charge on any atom is 0.434 e. The van der Waals surface area contributed by atoms with Crippen LogP contribution in [0.2, 0.25) is 0 Å². The van der Waals surface area contributed by atoms with Crippen LogP contribution < -0.4 is 20.3 Å². The van der Waals surface area contributed by atoms with E-state index in [1.54, 1.807) is 0 Å². The minimum absolute atomic E-state index is 0.330. The van der Waals surface area contributed by atoms with Crippen molar-refractivity contribution in [1.29, 1.82) is 0 Å². The van der Waals surface area contributed by atoms with Crippen molar-refractivity contribution in [2.75, 3.05) is 0 Å². The van der Waals surface area contributed by atoms with Crippen LogP contribution in [0.5, 0.6) is 17.2 Å². The molecule has 0 N–H and O–H groups in total. The largest absolute Gasteiger partial charge is 0.551 e. The molecule has 0 saturated carbocycles. The lowest BCUT2D eigenvalue weighted by molar-refractivity contribution is 0.479. The second-order valence-electron chi connectivity index (χ2n) is 15.9. The molecule has 3 aromatic heterocycles. The Morgan fingerprint density at radius 2 is 1.10 bits per heavy atom. The van der Waals surface area contributed by atoms with Gasteiger partial charge in [-0.15, -0.1) is 0 Å². The fraction of sp³-hybridized carbons (Fsp3) is 0. The van der Waals surface area contributed by atoms with Gasteiger partial charge >= 0.3 is 6.92 Å². The molecule has 0 unspecified atom stereocenters. The maximum atomic E-state index is 7.04. The molecule has 278 valence electrons. The van der Waals surface area contributed by atoms with Gasteiger partial charge in [-0.25, -0.2) is 0 Å². The number of benzene rings is 9. The van der Waals surface area contributed by atoms with E-state index >= 15 is 0 Å². The summed E-state index contributed by atoms with van der Waals surface area (Å²) >= 11 is 0. The lowest BCUT2D eigenvalue weighted by Crippen LogP contribution is -2.53. The van der Waals surface area contributed by atoms with Crippen molar-refractivity contribution in [3.63, 3.8) is 0 Å². The number of rotatable bonds is 3. The third kappa shape index (κ3) is 4.37. The van der Waals surface area contributed by atoms with Crippen LogP contribution in [0, 0.1) is 0 Å². The van der Waals surface area contributed by atoms with Crippen molar-refractivity contribution in [3.05, 3.63) is 182 Å². The Kier molecular flexibility index (Phi) is 6.31. The molecular weight excluding hydrogens is 737 g/mol. The lowest BCUT2D eigenvalue weighted by Gasteiger charge is -2.33. The number of furan rings is 2. The SMILES string of the molecule is c1ccc2c(c1)Oc1cc(-c3cccc4c3oc3ccc(-n5c6ccccc6c6ccccc65)cc34)cc3c1B2Oc1cc(-c2cccc4oc5ccccc5c24)ccc1-3. The highest BCUT2D eigenvalue weighted by Gasteiger charge is 2.41. The van der Waals surface area contributed by atoms with E-state index in [0.29, 0.717) is 0 Å². The predicted molar refractivity (Wildman–Crippen MR) is 244 cm³/mol. The van der Waals surface area contributed by atoms with Crippen LogP contribution in [0.4, 0.5) is 0 Å². The number of nitrogens with zero attached hydrogens (tertiary/aromatic N) is 1. The maximum absolute atomic E-state index is 7.04. The number of aromatic nitrogens is 1. The molecule has 6 heteroatoms. The number of para-hydroxylation sites is 5. The molecule has 0 aliphatic carbocycles. The first-order valence-electron chi connectivity index (χ1n) is 20.3. The van der Waals surface area contributed by atoms with E-state index in [2.05, 4.69) is 156 Å². The average molecular weight is 768 g/mol. The average Bonchev–Trinajstić information content (AvgIpc) is 3.98. The summed E-state index contributed by atoms with van der Waals surface area (Å²) in [5.41, 5.74) is 15.2. The van der Waals surface area contributed by atoms with Gasteiger partial charge in [0.15, 0.2) is 0 Å². The number of hydrogen-bond donors (Lipinski definition) is 0. The molecule has 0 spiro atoms. The molecule has 0 amide bonds. The molecule has 0 atom stereocenters. The summed E-state index contributed by atoms with van der Waals surface area (Å²) in [6, 6.07) is 64.0. The lowest BCUT2D eigenvalue weighted by atomic mass is 9.50. The van der Waals surface area contributed by atoms with Crippen molar-refractivity contribution in [3.8, 4) is 56.3 Å². The molecule has 0 saturated heterocycles. The molecule has 12 aromatic rings. The smallest absolute Gasteiger partial charge is 0.434 e. The molecule has 0 radical (unpaired) electrons. The summed E-state index contributed by atoms with van der Waals surface area (Å²) in [7, 11) is 0. The van der Waals surface area contributed by atoms with Gasteiger partial charge in [0.2, 0.25) is 0 Å². The summed E-state index contributed by atoms with van der Waals surface area (Å²) in [4.78, 5) is 0. The Bertz CT molecular complexity index is 3760. The van der Waals surface area contributed by atoms with Gasteiger partial charge in [-0.2, -0.15) is 0 Å². The number of ether oxygens (including phenoxy) is 1. The van der Waals surface area contributed by atoms with Gasteiger partial charge in [0.05, 0.1) is 11.0 Å². The Morgan fingerprint density at radius 3 is 1.98 bits per heavy atom. The molecule has 5 nitrogen and oxygen atoms in total. The van der Waals surface area contributed by atoms with Gasteiger partial charge in [-0.05, 0) is 89.0 Å². The summed E-state index contributed by atoms with van der Waals surface area (Å²) in [5, 5.41) is 6.82. The molecule has 14 rings (SSSR count). The van der Waals surface area contributed by atoms with Gasteiger partial charge in [-0.3, -0.25) is 0 Å². The fourth-order valence-corrected chi connectivity index (χ4v) is 10.1. The summed E-state index contributed by atoms with van der Waals surface area (Å²) in [6.45, 7) is -0.330. The van der Waals surface area contributed by atoms with Crippen LogP contribution in [0.25, 0.3) is 105 Å². The third-order valence-corrected chi connectivity index (χ3v) is 12.7. The molecular formula is C54H30BNO4. The molecule has 60 heavy (non-hydrogen) atoms. The highest BCUT2D eigenvalue weighted by Crippen LogP contribution is 2.46. The fourth-order valence-electron chi connectivity index (χ4n) is 10.1. The van der Waals surface area contributed by atoms with E-state index in [0.717, 1.165) is 111 Å². The summed E-state index contributed by atoms with van der Waals surface area (Å²) < 4.78 is 29.2. The monoisotopic (exact) mass is 767 g/mol. The normalized spacial score (nSPS) is 12.9. The Balaban J connectivity index is 0.953. The third-order valence-electron chi connectivity index (χ3n) is 12.7. The quantitative estimate of drug-likeness (QED) is 0.168. The van der Waals surface area contributed by atoms with Gasteiger partial charge in [-0.1, -0.05) is 115 Å². The molecule has 0 fully saturated rings. The predicted octanol–water partition coefficient (Wildman–Crippen LogP) is 13.2. The van der Waals surface area contributed by atoms with E-state index < -0.39 is 0 Å². The van der Waals surface area contributed by atoms with Crippen LogP contribution in [0.15, 0.2) is 191 Å². The van der Waals surface area contributed by atoms with Crippen LogP contribution in [0.3, 0.4) is 0 Å². The Morgan fingerprint density at radius 1 is 0.400 bits per heavy atom. The highest BCUT2D eigenvalue weighted by molar-refractivity contribution is 6.84. The van der Waals surface area contributed by atoms with E-state index in [4.69, 9.17) is 18.2 Å². The summed E-state index contributed by atoms with van der Waals surface area (Å²) in [6.07, 6.45) is 0.